The lowest BCUT2D eigenvalue weighted by atomic mass is 9.84. The largest absolute Gasteiger partial charge is 0.508 e. The first-order chi connectivity index (χ1) is 18.2. The number of methoxy groups -OCH3 is 2. The van der Waals surface area contributed by atoms with Crippen LogP contribution in [0.25, 0.3) is 0 Å². The van der Waals surface area contributed by atoms with Gasteiger partial charge in [0.15, 0.2) is 0 Å². The van der Waals surface area contributed by atoms with E-state index >= 15 is 0 Å². The number of hydrogen-bond acceptors (Lipinski definition) is 6. The van der Waals surface area contributed by atoms with Crippen LogP contribution in [0.15, 0.2) is 72.8 Å². The summed E-state index contributed by atoms with van der Waals surface area (Å²) in [6.07, 6.45) is -2.08. The highest BCUT2D eigenvalue weighted by atomic mass is 16.5. The van der Waals surface area contributed by atoms with Crippen LogP contribution in [-0.4, -0.2) is 34.6 Å². The minimum absolute atomic E-state index is 0.00119. The molecule has 4 aromatic carbocycles. The third-order valence-electron chi connectivity index (χ3n) is 7.73. The number of phenols is 2. The zero-order valence-corrected chi connectivity index (χ0v) is 21.8. The molecule has 6 heteroatoms. The SMILES string of the molecule is COc1cc(O)c2cc1C(C)c1cc(c(OC)cc1O)C(O)c1cccc(c1)C(C)c1cccc(c1)C2O. The summed E-state index contributed by atoms with van der Waals surface area (Å²) in [5.41, 5.74) is 5.40. The Bertz CT molecular complexity index is 1490. The van der Waals surface area contributed by atoms with Crippen LogP contribution in [0.3, 0.4) is 0 Å². The predicted molar refractivity (Wildman–Crippen MR) is 145 cm³/mol. The second-order valence-corrected chi connectivity index (χ2v) is 9.89. The van der Waals surface area contributed by atoms with Gasteiger partial charge in [-0.05, 0) is 34.4 Å². The van der Waals surface area contributed by atoms with Crippen molar-refractivity contribution in [2.24, 2.45) is 0 Å². The zero-order chi connectivity index (χ0) is 27.1. The Labute approximate surface area is 222 Å². The molecular formula is C32H32O6. The minimum Gasteiger partial charge on any atom is -0.508 e. The van der Waals surface area contributed by atoms with E-state index in [-0.39, 0.29) is 17.4 Å². The van der Waals surface area contributed by atoms with E-state index in [1.54, 1.807) is 12.1 Å². The Morgan fingerprint density at radius 2 is 0.974 bits per heavy atom. The van der Waals surface area contributed by atoms with Gasteiger partial charge in [0.2, 0.25) is 0 Å². The summed E-state index contributed by atoms with van der Waals surface area (Å²) in [5.74, 6) is 0.247. The molecular weight excluding hydrogens is 480 g/mol. The van der Waals surface area contributed by atoms with Crippen molar-refractivity contribution in [3.63, 3.8) is 0 Å². The third kappa shape index (κ3) is 4.36. The minimum atomic E-state index is -1.08. The Kier molecular flexibility index (Phi) is 6.78. The molecule has 0 radical (unpaired) electrons. The number of rotatable bonds is 2. The van der Waals surface area contributed by atoms with Gasteiger partial charge in [0.25, 0.3) is 0 Å². The van der Waals surface area contributed by atoms with E-state index in [0.29, 0.717) is 44.9 Å². The monoisotopic (exact) mass is 512 g/mol. The topological polar surface area (TPSA) is 99.4 Å². The molecule has 0 fully saturated rings. The van der Waals surface area contributed by atoms with Gasteiger partial charge in [0.1, 0.15) is 35.2 Å². The summed E-state index contributed by atoms with van der Waals surface area (Å²) in [6.45, 7) is 3.97. The van der Waals surface area contributed by atoms with Gasteiger partial charge in [0.05, 0.1) is 14.2 Å². The summed E-state index contributed by atoms with van der Waals surface area (Å²) in [7, 11) is 3.01. The van der Waals surface area contributed by atoms with Crippen molar-refractivity contribution in [1.82, 2.24) is 0 Å². The molecule has 38 heavy (non-hydrogen) atoms. The lowest BCUT2D eigenvalue weighted by molar-refractivity contribution is 0.214. The molecule has 8 bridgehead atoms. The first kappa shape index (κ1) is 25.6. The van der Waals surface area contributed by atoms with Crippen LogP contribution in [0, 0.1) is 0 Å². The van der Waals surface area contributed by atoms with E-state index < -0.39 is 18.1 Å². The Morgan fingerprint density at radius 3 is 1.53 bits per heavy atom. The summed E-state index contributed by atoms with van der Waals surface area (Å²) < 4.78 is 11.1. The molecule has 5 rings (SSSR count). The fourth-order valence-electron chi connectivity index (χ4n) is 5.39. The molecule has 0 aliphatic heterocycles. The van der Waals surface area contributed by atoms with Gasteiger partial charge in [0, 0.05) is 46.2 Å². The number of benzene rings is 4. The maximum atomic E-state index is 11.5. The maximum Gasteiger partial charge on any atom is 0.128 e. The predicted octanol–water partition coefficient (Wildman–Crippen LogP) is 5.90. The van der Waals surface area contributed by atoms with Crippen LogP contribution in [0.5, 0.6) is 23.0 Å². The van der Waals surface area contributed by atoms with Gasteiger partial charge in [-0.1, -0.05) is 62.4 Å². The Hall–Kier alpha value is -4.00. The number of fused-ring (bicyclic) bond motifs is 8. The maximum absolute atomic E-state index is 11.5. The van der Waals surface area contributed by atoms with Crippen molar-refractivity contribution >= 4 is 0 Å². The molecule has 4 atom stereocenters. The van der Waals surface area contributed by atoms with Crippen molar-refractivity contribution in [2.75, 3.05) is 14.2 Å². The molecule has 196 valence electrons. The van der Waals surface area contributed by atoms with Crippen LogP contribution in [-0.2, 0) is 0 Å². The average molecular weight is 513 g/mol. The van der Waals surface area contributed by atoms with Crippen LogP contribution in [0.4, 0.5) is 0 Å². The lowest BCUT2D eigenvalue weighted by Crippen LogP contribution is -2.09. The summed E-state index contributed by atoms with van der Waals surface area (Å²) in [4.78, 5) is 0. The van der Waals surface area contributed by atoms with Gasteiger partial charge in [-0.15, -0.1) is 0 Å². The molecule has 0 spiro atoms. The van der Waals surface area contributed by atoms with E-state index in [9.17, 15) is 20.4 Å². The van der Waals surface area contributed by atoms with Crippen LogP contribution in [0.1, 0.15) is 82.4 Å². The molecule has 1 aliphatic carbocycles. The van der Waals surface area contributed by atoms with Crippen LogP contribution >= 0.6 is 0 Å². The van der Waals surface area contributed by atoms with Gasteiger partial charge in [-0.25, -0.2) is 0 Å². The smallest absolute Gasteiger partial charge is 0.128 e. The third-order valence-corrected chi connectivity index (χ3v) is 7.73. The lowest BCUT2D eigenvalue weighted by Gasteiger charge is -2.24. The van der Waals surface area contributed by atoms with E-state index in [1.807, 2.05) is 55.5 Å². The molecule has 4 unspecified atom stereocenters. The molecule has 1 aliphatic rings. The fraction of sp³-hybridized carbons (Fsp3) is 0.250. The number of aromatic hydroxyl groups is 2. The van der Waals surface area contributed by atoms with Crippen LogP contribution in [0.2, 0.25) is 0 Å². The van der Waals surface area contributed by atoms with E-state index in [4.69, 9.17) is 9.47 Å². The molecule has 0 aromatic heterocycles. The van der Waals surface area contributed by atoms with Crippen molar-refractivity contribution in [3.05, 3.63) is 117 Å². The summed E-state index contributed by atoms with van der Waals surface area (Å²) >= 11 is 0. The molecule has 6 nitrogen and oxygen atoms in total. The Balaban J connectivity index is 1.82. The quantitative estimate of drug-likeness (QED) is 0.267. The highest BCUT2D eigenvalue weighted by Crippen LogP contribution is 2.45. The van der Waals surface area contributed by atoms with Crippen LogP contribution < -0.4 is 9.47 Å². The van der Waals surface area contributed by atoms with Crippen molar-refractivity contribution in [3.8, 4) is 23.0 Å². The van der Waals surface area contributed by atoms with Gasteiger partial charge < -0.3 is 29.9 Å². The number of hydrogen-bond donors (Lipinski definition) is 4. The molecule has 4 aromatic rings. The highest BCUT2D eigenvalue weighted by Gasteiger charge is 2.27. The average Bonchev–Trinajstić information content (AvgIpc) is 2.95. The molecule has 4 N–H and O–H groups in total. The van der Waals surface area contributed by atoms with Crippen molar-refractivity contribution < 1.29 is 29.9 Å². The Morgan fingerprint density at radius 1 is 0.526 bits per heavy atom. The van der Waals surface area contributed by atoms with Gasteiger partial charge >= 0.3 is 0 Å². The summed E-state index contributed by atoms with van der Waals surface area (Å²) in [6, 6.07) is 21.9. The van der Waals surface area contributed by atoms with Gasteiger partial charge in [-0.3, -0.25) is 0 Å². The van der Waals surface area contributed by atoms with Crippen molar-refractivity contribution in [2.45, 2.75) is 37.9 Å². The van der Waals surface area contributed by atoms with E-state index in [2.05, 4.69) is 6.92 Å². The number of aliphatic hydroxyl groups is 2. The number of phenolic OH excluding ortho intramolecular Hbond substituents is 2. The molecule has 0 saturated heterocycles. The molecule has 0 heterocycles. The standard InChI is InChI=1S/C32H32O6/c1-17-19-7-5-9-21(11-19)31(35)25-14-24(29(37-3)16-28(25)34)18(2)23-13-26(30(38-4)15-27(23)33)32(36)22-10-6-8-20(17)12-22/h5-18,31-36H,1-4H3. The highest BCUT2D eigenvalue weighted by molar-refractivity contribution is 5.57. The normalized spacial score (nSPS) is 20.6. The van der Waals surface area contributed by atoms with E-state index in [0.717, 1.165) is 11.1 Å². The van der Waals surface area contributed by atoms with E-state index in [1.165, 1.54) is 26.4 Å². The van der Waals surface area contributed by atoms with Crippen molar-refractivity contribution in [1.29, 1.82) is 0 Å². The zero-order valence-electron chi connectivity index (χ0n) is 21.8. The van der Waals surface area contributed by atoms with Gasteiger partial charge in [-0.2, -0.15) is 0 Å². The first-order valence-electron chi connectivity index (χ1n) is 12.6. The molecule has 0 saturated carbocycles. The second kappa shape index (κ2) is 10.0. The second-order valence-electron chi connectivity index (χ2n) is 9.89. The number of ether oxygens (including phenoxy) is 2. The fourth-order valence-corrected chi connectivity index (χ4v) is 5.39. The molecule has 0 amide bonds. The summed E-state index contributed by atoms with van der Waals surface area (Å²) in [5, 5.41) is 44.8. The number of aliphatic hydroxyl groups excluding tert-OH is 2. The first-order valence-corrected chi connectivity index (χ1v) is 12.6.